The lowest BCUT2D eigenvalue weighted by Crippen LogP contribution is -2.18. The van der Waals surface area contributed by atoms with E-state index in [1.165, 1.54) is 0 Å². The van der Waals surface area contributed by atoms with Crippen LogP contribution in [0.3, 0.4) is 0 Å². The van der Waals surface area contributed by atoms with Gasteiger partial charge in [0.25, 0.3) is 6.02 Å². The van der Waals surface area contributed by atoms with Crippen LogP contribution in [0.2, 0.25) is 5.02 Å². The lowest BCUT2D eigenvalue weighted by atomic mass is 10.2. The molecule has 0 aromatic heterocycles. The molecule has 0 atom stereocenters. The van der Waals surface area contributed by atoms with Crippen molar-refractivity contribution in [3.05, 3.63) is 59.1 Å². The van der Waals surface area contributed by atoms with Gasteiger partial charge in [0.15, 0.2) is 0 Å². The molecule has 90 valence electrons. The summed E-state index contributed by atoms with van der Waals surface area (Å²) in [5.74, 6) is 0. The highest BCUT2D eigenvalue weighted by atomic mass is 35.5. The van der Waals surface area contributed by atoms with E-state index in [9.17, 15) is 0 Å². The zero-order chi connectivity index (χ0) is 12.4. The number of anilines is 1. The molecule has 1 N–H and O–H groups in total. The number of nitrogens with one attached hydrogen (secondary N) is 1. The second-order valence-electron chi connectivity index (χ2n) is 3.97. The van der Waals surface area contributed by atoms with Gasteiger partial charge in [0.1, 0.15) is 6.61 Å². The Morgan fingerprint density at radius 2 is 1.83 bits per heavy atom. The summed E-state index contributed by atoms with van der Waals surface area (Å²) in [6.07, 6.45) is 0. The van der Waals surface area contributed by atoms with E-state index in [-0.39, 0.29) is 0 Å². The van der Waals surface area contributed by atoms with Gasteiger partial charge < -0.3 is 10.1 Å². The van der Waals surface area contributed by atoms with Crippen LogP contribution in [0, 0.1) is 0 Å². The predicted molar refractivity (Wildman–Crippen MR) is 73.4 cm³/mol. The number of ether oxygens (including phenoxy) is 1. The SMILES string of the molecule is Clc1ccc(NC2=Nc3ccccc3CO2)cc1. The second kappa shape index (κ2) is 4.70. The minimum Gasteiger partial charge on any atom is -0.460 e. The molecule has 2 aromatic rings. The summed E-state index contributed by atoms with van der Waals surface area (Å²) in [5.41, 5.74) is 2.94. The zero-order valence-corrected chi connectivity index (χ0v) is 10.3. The topological polar surface area (TPSA) is 33.6 Å². The van der Waals surface area contributed by atoms with E-state index >= 15 is 0 Å². The van der Waals surface area contributed by atoms with Crippen molar-refractivity contribution in [2.75, 3.05) is 5.32 Å². The Morgan fingerprint density at radius 1 is 1.06 bits per heavy atom. The molecule has 0 unspecified atom stereocenters. The van der Waals surface area contributed by atoms with Gasteiger partial charge in [0.05, 0.1) is 5.69 Å². The molecule has 3 nitrogen and oxygen atoms in total. The predicted octanol–water partition coefficient (Wildman–Crippen LogP) is 3.97. The van der Waals surface area contributed by atoms with Crippen LogP contribution in [0.5, 0.6) is 0 Å². The summed E-state index contributed by atoms with van der Waals surface area (Å²) in [6.45, 7) is 0.537. The first-order valence-corrected chi connectivity index (χ1v) is 6.01. The van der Waals surface area contributed by atoms with Crippen LogP contribution in [0.25, 0.3) is 0 Å². The normalized spacial score (nSPS) is 13.3. The minimum absolute atomic E-state index is 0.510. The van der Waals surface area contributed by atoms with Crippen molar-refractivity contribution in [1.29, 1.82) is 0 Å². The summed E-state index contributed by atoms with van der Waals surface area (Å²) >= 11 is 5.83. The fourth-order valence-electron chi connectivity index (χ4n) is 1.75. The van der Waals surface area contributed by atoms with Gasteiger partial charge in [-0.2, -0.15) is 4.99 Å². The van der Waals surface area contributed by atoms with Crippen LogP contribution in [-0.4, -0.2) is 6.02 Å². The van der Waals surface area contributed by atoms with E-state index in [0.29, 0.717) is 17.7 Å². The molecule has 0 aliphatic carbocycles. The molecule has 1 aliphatic heterocycles. The number of fused-ring (bicyclic) bond motifs is 1. The Hall–Kier alpha value is -2.00. The van der Waals surface area contributed by atoms with Crippen molar-refractivity contribution < 1.29 is 4.74 Å². The van der Waals surface area contributed by atoms with E-state index in [2.05, 4.69) is 10.3 Å². The van der Waals surface area contributed by atoms with Gasteiger partial charge in [-0.1, -0.05) is 29.8 Å². The third-order valence-corrected chi connectivity index (χ3v) is 2.93. The number of hydrogen-bond acceptors (Lipinski definition) is 3. The summed E-state index contributed by atoms with van der Waals surface area (Å²) < 4.78 is 5.54. The quantitative estimate of drug-likeness (QED) is 0.840. The molecule has 2 aromatic carbocycles. The number of aliphatic imine (C=N–C) groups is 1. The first-order chi connectivity index (χ1) is 8.81. The average Bonchev–Trinajstić information content (AvgIpc) is 2.41. The Labute approximate surface area is 110 Å². The molecule has 0 saturated carbocycles. The van der Waals surface area contributed by atoms with Gasteiger partial charge in [-0.25, -0.2) is 0 Å². The van der Waals surface area contributed by atoms with E-state index in [4.69, 9.17) is 16.3 Å². The smallest absolute Gasteiger partial charge is 0.294 e. The Kier molecular flexibility index (Phi) is 2.90. The van der Waals surface area contributed by atoms with Crippen LogP contribution >= 0.6 is 11.6 Å². The third kappa shape index (κ3) is 2.31. The van der Waals surface area contributed by atoms with Gasteiger partial charge in [0, 0.05) is 16.3 Å². The van der Waals surface area contributed by atoms with Crippen molar-refractivity contribution in [3.63, 3.8) is 0 Å². The van der Waals surface area contributed by atoms with E-state index in [1.54, 1.807) is 0 Å². The first-order valence-electron chi connectivity index (χ1n) is 5.63. The summed E-state index contributed by atoms with van der Waals surface area (Å²) in [5, 5.41) is 3.82. The van der Waals surface area contributed by atoms with Gasteiger partial charge in [-0.05, 0) is 30.3 Å². The number of rotatable bonds is 1. The number of hydrogen-bond donors (Lipinski definition) is 1. The maximum absolute atomic E-state index is 5.83. The lowest BCUT2D eigenvalue weighted by molar-refractivity contribution is 0.286. The molecule has 0 radical (unpaired) electrons. The zero-order valence-electron chi connectivity index (χ0n) is 9.56. The van der Waals surface area contributed by atoms with Gasteiger partial charge in [0.2, 0.25) is 0 Å². The monoisotopic (exact) mass is 258 g/mol. The van der Waals surface area contributed by atoms with Crippen LogP contribution in [0.1, 0.15) is 5.56 Å². The standard InChI is InChI=1S/C14H11ClN2O/c15-11-5-7-12(8-6-11)16-14-17-13-4-2-1-3-10(13)9-18-14/h1-8H,9H2,(H,16,17). The van der Waals surface area contributed by atoms with Gasteiger partial charge in [-0.3, -0.25) is 0 Å². The molecule has 1 heterocycles. The summed E-state index contributed by atoms with van der Waals surface area (Å²) in [7, 11) is 0. The highest BCUT2D eigenvalue weighted by Crippen LogP contribution is 2.24. The molecule has 4 heteroatoms. The third-order valence-electron chi connectivity index (χ3n) is 2.67. The second-order valence-corrected chi connectivity index (χ2v) is 4.40. The first kappa shape index (κ1) is 11.1. The Morgan fingerprint density at radius 3 is 2.67 bits per heavy atom. The summed E-state index contributed by atoms with van der Waals surface area (Å²) in [6, 6.07) is 15.9. The molecule has 0 fully saturated rings. The van der Waals surface area contributed by atoms with Gasteiger partial charge >= 0.3 is 0 Å². The number of para-hydroxylation sites is 1. The molecule has 0 spiro atoms. The van der Waals surface area contributed by atoms with Crippen LogP contribution in [0.4, 0.5) is 11.4 Å². The Bertz CT molecular complexity index is 593. The molecular weight excluding hydrogens is 248 g/mol. The number of nitrogens with zero attached hydrogens (tertiary/aromatic N) is 1. The number of amidine groups is 1. The molecule has 0 bridgehead atoms. The van der Waals surface area contributed by atoms with Crippen molar-refractivity contribution >= 4 is 29.0 Å². The van der Waals surface area contributed by atoms with Crippen molar-refractivity contribution in [2.24, 2.45) is 4.99 Å². The lowest BCUT2D eigenvalue weighted by Gasteiger charge is -2.17. The molecule has 1 aliphatic rings. The summed E-state index contributed by atoms with van der Waals surface area (Å²) in [4.78, 5) is 4.41. The average molecular weight is 259 g/mol. The van der Waals surface area contributed by atoms with Crippen molar-refractivity contribution in [3.8, 4) is 0 Å². The highest BCUT2D eigenvalue weighted by molar-refractivity contribution is 6.30. The minimum atomic E-state index is 0.510. The van der Waals surface area contributed by atoms with Crippen LogP contribution < -0.4 is 5.32 Å². The van der Waals surface area contributed by atoms with E-state index in [0.717, 1.165) is 16.9 Å². The van der Waals surface area contributed by atoms with Crippen molar-refractivity contribution in [1.82, 2.24) is 0 Å². The number of halogens is 1. The van der Waals surface area contributed by atoms with Crippen LogP contribution in [0.15, 0.2) is 53.5 Å². The maximum atomic E-state index is 5.83. The highest BCUT2D eigenvalue weighted by Gasteiger charge is 2.12. The fraction of sp³-hybridized carbons (Fsp3) is 0.0714. The Balaban J connectivity index is 1.83. The molecule has 0 saturated heterocycles. The van der Waals surface area contributed by atoms with Crippen LogP contribution in [-0.2, 0) is 11.3 Å². The number of benzene rings is 2. The molecular formula is C14H11ClN2O. The van der Waals surface area contributed by atoms with Crippen molar-refractivity contribution in [2.45, 2.75) is 6.61 Å². The maximum Gasteiger partial charge on any atom is 0.294 e. The van der Waals surface area contributed by atoms with Gasteiger partial charge in [-0.15, -0.1) is 0 Å². The van der Waals surface area contributed by atoms with E-state index < -0.39 is 0 Å². The molecule has 3 rings (SSSR count). The fourth-order valence-corrected chi connectivity index (χ4v) is 1.88. The largest absolute Gasteiger partial charge is 0.460 e. The molecule has 0 amide bonds. The molecule has 18 heavy (non-hydrogen) atoms. The van der Waals surface area contributed by atoms with E-state index in [1.807, 2.05) is 48.5 Å².